The Labute approximate surface area is 145 Å². The number of amides is 2. The van der Waals surface area contributed by atoms with Crippen LogP contribution in [-0.2, 0) is 4.79 Å². The van der Waals surface area contributed by atoms with Gasteiger partial charge in [-0.15, -0.1) is 0 Å². The number of phenols is 1. The van der Waals surface area contributed by atoms with Crippen molar-refractivity contribution in [1.82, 2.24) is 10.7 Å². The van der Waals surface area contributed by atoms with E-state index in [9.17, 15) is 14.7 Å². The molecule has 3 N–H and O–H groups in total. The van der Waals surface area contributed by atoms with E-state index in [-0.39, 0.29) is 11.7 Å². The maximum atomic E-state index is 12.0. The van der Waals surface area contributed by atoms with Gasteiger partial charge in [0.05, 0.1) is 13.3 Å². The summed E-state index contributed by atoms with van der Waals surface area (Å²) in [4.78, 5) is 24.0. The smallest absolute Gasteiger partial charge is 0.262 e. The van der Waals surface area contributed by atoms with Crippen molar-refractivity contribution in [3.8, 4) is 11.5 Å². The summed E-state index contributed by atoms with van der Waals surface area (Å²) in [5.74, 6) is -0.471. The molecule has 2 aromatic carbocycles. The van der Waals surface area contributed by atoms with Gasteiger partial charge in [0.25, 0.3) is 11.8 Å². The molecule has 7 heteroatoms. The molecule has 25 heavy (non-hydrogen) atoms. The van der Waals surface area contributed by atoms with Crippen molar-refractivity contribution in [3.05, 3.63) is 59.7 Å². The summed E-state index contributed by atoms with van der Waals surface area (Å²) in [6, 6.07) is 12.5. The monoisotopic (exact) mass is 341 g/mol. The van der Waals surface area contributed by atoms with Gasteiger partial charge in [0.15, 0.2) is 11.5 Å². The first-order chi connectivity index (χ1) is 12.0. The largest absolute Gasteiger partial charge is 0.504 e. The number of benzene rings is 2. The Morgan fingerprint density at radius 3 is 2.60 bits per heavy atom. The van der Waals surface area contributed by atoms with Crippen LogP contribution in [0.2, 0.25) is 0 Å². The first-order valence-corrected chi connectivity index (χ1v) is 7.57. The maximum Gasteiger partial charge on any atom is 0.262 e. The van der Waals surface area contributed by atoms with Crippen LogP contribution < -0.4 is 15.5 Å². The lowest BCUT2D eigenvalue weighted by Crippen LogP contribution is -2.43. The van der Waals surface area contributed by atoms with Crippen LogP contribution in [0.1, 0.15) is 22.8 Å². The number of hydrogen-bond acceptors (Lipinski definition) is 5. The lowest BCUT2D eigenvalue weighted by Gasteiger charge is -2.12. The summed E-state index contributed by atoms with van der Waals surface area (Å²) < 4.78 is 4.99. The number of phenolic OH excluding ortho intramolecular Hbond substituents is 1. The third-order valence-corrected chi connectivity index (χ3v) is 3.37. The van der Waals surface area contributed by atoms with Gasteiger partial charge >= 0.3 is 0 Å². The molecule has 2 amide bonds. The van der Waals surface area contributed by atoms with Crippen LogP contribution in [0.25, 0.3) is 0 Å². The Kier molecular flexibility index (Phi) is 6.11. The number of ether oxygens (including phenoxy) is 1. The van der Waals surface area contributed by atoms with E-state index in [1.54, 1.807) is 49.4 Å². The van der Waals surface area contributed by atoms with Crippen LogP contribution in [0.4, 0.5) is 0 Å². The fraction of sp³-hybridized carbons (Fsp3) is 0.167. The van der Waals surface area contributed by atoms with E-state index in [1.165, 1.54) is 19.4 Å². The van der Waals surface area contributed by atoms with Crippen LogP contribution in [0.5, 0.6) is 11.5 Å². The summed E-state index contributed by atoms with van der Waals surface area (Å²) in [5.41, 5.74) is 3.46. The summed E-state index contributed by atoms with van der Waals surface area (Å²) >= 11 is 0. The molecular weight excluding hydrogens is 322 g/mol. The molecule has 0 spiro atoms. The second-order valence-electron chi connectivity index (χ2n) is 5.23. The van der Waals surface area contributed by atoms with Gasteiger partial charge in [0.1, 0.15) is 6.04 Å². The Balaban J connectivity index is 1.90. The highest BCUT2D eigenvalue weighted by Gasteiger charge is 2.15. The first kappa shape index (κ1) is 18.0. The first-order valence-electron chi connectivity index (χ1n) is 7.57. The molecule has 0 radical (unpaired) electrons. The van der Waals surface area contributed by atoms with Gasteiger partial charge in [-0.2, -0.15) is 5.10 Å². The fourth-order valence-corrected chi connectivity index (χ4v) is 1.98. The standard InChI is InChI=1S/C18H19N3O4/c1-12(20-18(24)14-6-4-3-5-7-14)17(23)21-19-11-13-8-9-15(22)16(10-13)25-2/h3-12,22H,1-2H3,(H,20,24)(H,21,23)/b19-11+/t12-/m1/s1. The highest BCUT2D eigenvalue weighted by atomic mass is 16.5. The molecule has 2 aromatic rings. The number of nitrogens with one attached hydrogen (secondary N) is 2. The average Bonchev–Trinajstić information content (AvgIpc) is 2.63. The van der Waals surface area contributed by atoms with Gasteiger partial charge in [-0.1, -0.05) is 18.2 Å². The number of hydrazone groups is 1. The quantitative estimate of drug-likeness (QED) is 0.550. The van der Waals surface area contributed by atoms with E-state index < -0.39 is 11.9 Å². The lowest BCUT2D eigenvalue weighted by atomic mass is 10.2. The van der Waals surface area contributed by atoms with Crippen LogP contribution in [0.15, 0.2) is 53.6 Å². The van der Waals surface area contributed by atoms with Gasteiger partial charge < -0.3 is 15.2 Å². The van der Waals surface area contributed by atoms with Crippen LogP contribution in [0.3, 0.4) is 0 Å². The molecule has 0 saturated heterocycles. The van der Waals surface area contributed by atoms with Crippen molar-refractivity contribution in [2.75, 3.05) is 7.11 Å². The number of aromatic hydroxyl groups is 1. The van der Waals surface area contributed by atoms with Gasteiger partial charge in [-0.3, -0.25) is 9.59 Å². The van der Waals surface area contributed by atoms with E-state index in [1.807, 2.05) is 0 Å². The van der Waals surface area contributed by atoms with Crippen LogP contribution in [0, 0.1) is 0 Å². The van der Waals surface area contributed by atoms with Crippen molar-refractivity contribution in [2.24, 2.45) is 5.10 Å². The van der Waals surface area contributed by atoms with Crippen molar-refractivity contribution in [1.29, 1.82) is 0 Å². The van der Waals surface area contributed by atoms with Crippen LogP contribution in [-0.4, -0.2) is 36.3 Å². The molecule has 0 fully saturated rings. The molecule has 0 aliphatic heterocycles. The molecule has 0 saturated carbocycles. The van der Waals surface area contributed by atoms with Crippen molar-refractivity contribution in [2.45, 2.75) is 13.0 Å². The molecule has 2 rings (SSSR count). The number of rotatable bonds is 6. The predicted molar refractivity (Wildman–Crippen MR) is 93.8 cm³/mol. The average molecular weight is 341 g/mol. The minimum absolute atomic E-state index is 0.0148. The molecule has 0 bridgehead atoms. The highest BCUT2D eigenvalue weighted by Crippen LogP contribution is 2.25. The zero-order valence-electron chi connectivity index (χ0n) is 13.9. The molecule has 0 heterocycles. The fourth-order valence-electron chi connectivity index (χ4n) is 1.98. The number of carbonyl (C=O) groups is 2. The zero-order chi connectivity index (χ0) is 18.2. The Morgan fingerprint density at radius 2 is 1.92 bits per heavy atom. The van der Waals surface area contributed by atoms with Crippen molar-refractivity contribution >= 4 is 18.0 Å². The van der Waals surface area contributed by atoms with Crippen molar-refractivity contribution in [3.63, 3.8) is 0 Å². The molecule has 0 aliphatic rings. The number of hydrogen-bond donors (Lipinski definition) is 3. The molecular formula is C18H19N3O4. The third-order valence-electron chi connectivity index (χ3n) is 3.37. The number of methoxy groups -OCH3 is 1. The summed E-state index contributed by atoms with van der Waals surface area (Å²) in [6.45, 7) is 1.56. The molecule has 0 unspecified atom stereocenters. The zero-order valence-corrected chi connectivity index (χ0v) is 13.9. The second kappa shape index (κ2) is 8.49. The van der Waals surface area contributed by atoms with Gasteiger partial charge in [-0.05, 0) is 42.8 Å². The molecule has 7 nitrogen and oxygen atoms in total. The summed E-state index contributed by atoms with van der Waals surface area (Å²) in [5, 5.41) is 15.9. The minimum Gasteiger partial charge on any atom is -0.504 e. The SMILES string of the molecule is COc1cc(/C=N/NC(=O)[C@@H](C)NC(=O)c2ccccc2)ccc1O. The lowest BCUT2D eigenvalue weighted by molar-refractivity contribution is -0.122. The van der Waals surface area contributed by atoms with Crippen LogP contribution >= 0.6 is 0 Å². The Hall–Kier alpha value is -3.35. The van der Waals surface area contributed by atoms with E-state index in [0.29, 0.717) is 16.9 Å². The van der Waals surface area contributed by atoms with Crippen molar-refractivity contribution < 1.29 is 19.4 Å². The Bertz CT molecular complexity index is 775. The summed E-state index contributed by atoms with van der Waals surface area (Å²) in [6.07, 6.45) is 1.41. The minimum atomic E-state index is -0.751. The predicted octanol–water partition coefficient (Wildman–Crippen LogP) is 1.67. The van der Waals surface area contributed by atoms with Gasteiger partial charge in [0, 0.05) is 5.56 Å². The van der Waals surface area contributed by atoms with E-state index >= 15 is 0 Å². The van der Waals surface area contributed by atoms with E-state index in [2.05, 4.69) is 15.8 Å². The van der Waals surface area contributed by atoms with E-state index in [4.69, 9.17) is 4.74 Å². The number of carbonyl (C=O) groups excluding carboxylic acids is 2. The highest BCUT2D eigenvalue weighted by molar-refractivity contribution is 5.97. The normalized spacial score (nSPS) is 11.8. The van der Waals surface area contributed by atoms with E-state index in [0.717, 1.165) is 0 Å². The summed E-state index contributed by atoms with van der Waals surface area (Å²) in [7, 11) is 1.44. The van der Waals surface area contributed by atoms with Gasteiger partial charge in [-0.25, -0.2) is 5.43 Å². The van der Waals surface area contributed by atoms with Gasteiger partial charge in [0.2, 0.25) is 0 Å². The topological polar surface area (TPSA) is 100 Å². The third kappa shape index (κ3) is 5.07. The molecule has 1 atom stereocenters. The molecule has 0 aliphatic carbocycles. The molecule has 0 aromatic heterocycles. The Morgan fingerprint density at radius 1 is 1.20 bits per heavy atom. The maximum absolute atomic E-state index is 12.0. The molecule has 130 valence electrons. The second-order valence-corrected chi connectivity index (χ2v) is 5.23. The number of nitrogens with zero attached hydrogens (tertiary/aromatic N) is 1.